The van der Waals surface area contributed by atoms with Crippen LogP contribution in [0.1, 0.15) is 38.3 Å². The molecule has 1 aromatic heterocycles. The van der Waals surface area contributed by atoms with Crippen LogP contribution in [-0.2, 0) is 0 Å². The molecule has 2 atom stereocenters. The molecule has 1 heterocycles. The van der Waals surface area contributed by atoms with Crippen molar-refractivity contribution in [3.05, 3.63) is 36.2 Å². The van der Waals surface area contributed by atoms with E-state index in [1.807, 2.05) is 7.05 Å². The number of aromatic nitrogens is 2. The summed E-state index contributed by atoms with van der Waals surface area (Å²) in [6, 6.07) is 6.75. The molecule has 1 aromatic carbocycles. The van der Waals surface area contributed by atoms with Crippen molar-refractivity contribution in [3.63, 3.8) is 0 Å². The SMILES string of the molecule is CCC(C)CC(NC)c1ccc2nccnc2c1. The van der Waals surface area contributed by atoms with Crippen molar-refractivity contribution in [3.8, 4) is 0 Å². The Morgan fingerprint density at radius 1 is 1.17 bits per heavy atom. The second kappa shape index (κ2) is 5.91. The second-order valence-electron chi connectivity index (χ2n) is 4.89. The van der Waals surface area contributed by atoms with Crippen LogP contribution in [0.5, 0.6) is 0 Å². The molecule has 3 heteroatoms. The predicted molar refractivity (Wildman–Crippen MR) is 75.4 cm³/mol. The molecular formula is C15H21N3. The van der Waals surface area contributed by atoms with Gasteiger partial charge in [0.05, 0.1) is 11.0 Å². The van der Waals surface area contributed by atoms with Gasteiger partial charge in [-0.15, -0.1) is 0 Å². The first-order valence-electron chi connectivity index (χ1n) is 6.62. The molecule has 0 fully saturated rings. The molecule has 0 bridgehead atoms. The summed E-state index contributed by atoms with van der Waals surface area (Å²) in [7, 11) is 2.02. The maximum atomic E-state index is 4.37. The summed E-state index contributed by atoms with van der Waals surface area (Å²) in [6.07, 6.45) is 5.84. The van der Waals surface area contributed by atoms with Gasteiger partial charge in [-0.3, -0.25) is 9.97 Å². The number of fused-ring (bicyclic) bond motifs is 1. The van der Waals surface area contributed by atoms with E-state index in [4.69, 9.17) is 0 Å². The molecule has 18 heavy (non-hydrogen) atoms. The highest BCUT2D eigenvalue weighted by molar-refractivity contribution is 5.74. The van der Waals surface area contributed by atoms with E-state index in [2.05, 4.69) is 47.3 Å². The molecule has 0 saturated carbocycles. The highest BCUT2D eigenvalue weighted by atomic mass is 14.9. The first-order chi connectivity index (χ1) is 8.74. The zero-order valence-electron chi connectivity index (χ0n) is 11.4. The van der Waals surface area contributed by atoms with Crippen LogP contribution < -0.4 is 5.32 Å². The summed E-state index contributed by atoms with van der Waals surface area (Å²) in [4.78, 5) is 8.67. The van der Waals surface area contributed by atoms with Crippen molar-refractivity contribution in [1.29, 1.82) is 0 Å². The molecule has 0 saturated heterocycles. The zero-order valence-corrected chi connectivity index (χ0v) is 11.4. The van der Waals surface area contributed by atoms with E-state index in [0.29, 0.717) is 6.04 Å². The van der Waals surface area contributed by atoms with Gasteiger partial charge >= 0.3 is 0 Å². The van der Waals surface area contributed by atoms with E-state index in [-0.39, 0.29) is 0 Å². The van der Waals surface area contributed by atoms with Gasteiger partial charge in [0.1, 0.15) is 0 Å². The number of hydrogen-bond acceptors (Lipinski definition) is 3. The van der Waals surface area contributed by atoms with Crippen LogP contribution in [0.15, 0.2) is 30.6 Å². The average Bonchev–Trinajstić information content (AvgIpc) is 2.44. The minimum atomic E-state index is 0.395. The Balaban J connectivity index is 2.27. The fourth-order valence-electron chi connectivity index (χ4n) is 2.19. The van der Waals surface area contributed by atoms with Gasteiger partial charge < -0.3 is 5.32 Å². The van der Waals surface area contributed by atoms with Crippen LogP contribution in [-0.4, -0.2) is 17.0 Å². The van der Waals surface area contributed by atoms with Crippen LogP contribution in [0, 0.1) is 5.92 Å². The Hall–Kier alpha value is -1.48. The summed E-state index contributed by atoms with van der Waals surface area (Å²) in [6.45, 7) is 4.54. The van der Waals surface area contributed by atoms with Crippen molar-refractivity contribution in [2.45, 2.75) is 32.7 Å². The predicted octanol–water partition coefficient (Wildman–Crippen LogP) is 3.33. The standard InChI is InChI=1S/C15H21N3/c1-4-11(2)9-14(16-3)12-5-6-13-15(10-12)18-8-7-17-13/h5-8,10-11,14,16H,4,9H2,1-3H3. The van der Waals surface area contributed by atoms with E-state index >= 15 is 0 Å². The Morgan fingerprint density at radius 3 is 2.56 bits per heavy atom. The van der Waals surface area contributed by atoms with Crippen molar-refractivity contribution >= 4 is 11.0 Å². The minimum Gasteiger partial charge on any atom is -0.313 e. The van der Waals surface area contributed by atoms with Gasteiger partial charge in [0.2, 0.25) is 0 Å². The molecule has 0 spiro atoms. The quantitative estimate of drug-likeness (QED) is 0.875. The smallest absolute Gasteiger partial charge is 0.0890 e. The highest BCUT2D eigenvalue weighted by Crippen LogP contribution is 2.24. The van der Waals surface area contributed by atoms with Crippen LogP contribution in [0.25, 0.3) is 11.0 Å². The molecule has 2 aromatic rings. The fourth-order valence-corrected chi connectivity index (χ4v) is 2.19. The first kappa shape index (κ1) is 13.0. The molecule has 96 valence electrons. The van der Waals surface area contributed by atoms with Gasteiger partial charge in [-0.05, 0) is 37.1 Å². The van der Waals surface area contributed by atoms with Gasteiger partial charge in [-0.1, -0.05) is 26.3 Å². The Morgan fingerprint density at radius 2 is 1.89 bits per heavy atom. The van der Waals surface area contributed by atoms with E-state index < -0.39 is 0 Å². The van der Waals surface area contributed by atoms with Gasteiger partial charge in [-0.25, -0.2) is 0 Å². The molecule has 0 radical (unpaired) electrons. The topological polar surface area (TPSA) is 37.8 Å². The van der Waals surface area contributed by atoms with Crippen molar-refractivity contribution in [1.82, 2.24) is 15.3 Å². The zero-order chi connectivity index (χ0) is 13.0. The van der Waals surface area contributed by atoms with Gasteiger partial charge in [-0.2, -0.15) is 0 Å². The normalized spacial score (nSPS) is 14.6. The molecule has 1 N–H and O–H groups in total. The van der Waals surface area contributed by atoms with E-state index in [1.165, 1.54) is 12.0 Å². The number of benzene rings is 1. The number of rotatable bonds is 5. The molecular weight excluding hydrogens is 222 g/mol. The van der Waals surface area contributed by atoms with Crippen molar-refractivity contribution in [2.24, 2.45) is 5.92 Å². The second-order valence-corrected chi connectivity index (χ2v) is 4.89. The number of nitrogens with one attached hydrogen (secondary N) is 1. The van der Waals surface area contributed by atoms with Crippen molar-refractivity contribution in [2.75, 3.05) is 7.05 Å². The van der Waals surface area contributed by atoms with Crippen LogP contribution in [0.2, 0.25) is 0 Å². The summed E-state index contributed by atoms with van der Waals surface area (Å²) >= 11 is 0. The van der Waals surface area contributed by atoms with E-state index in [0.717, 1.165) is 23.4 Å². The lowest BCUT2D eigenvalue weighted by molar-refractivity contribution is 0.422. The lowest BCUT2D eigenvalue weighted by Gasteiger charge is -2.20. The summed E-state index contributed by atoms with van der Waals surface area (Å²) in [5.41, 5.74) is 3.23. The van der Waals surface area contributed by atoms with Crippen LogP contribution in [0.3, 0.4) is 0 Å². The highest BCUT2D eigenvalue weighted by Gasteiger charge is 2.13. The number of hydrogen-bond donors (Lipinski definition) is 1. The molecule has 3 nitrogen and oxygen atoms in total. The monoisotopic (exact) mass is 243 g/mol. The molecule has 0 aliphatic heterocycles. The van der Waals surface area contributed by atoms with Gasteiger partial charge in [0.15, 0.2) is 0 Å². The van der Waals surface area contributed by atoms with Gasteiger partial charge in [0, 0.05) is 18.4 Å². The first-order valence-corrected chi connectivity index (χ1v) is 6.62. The molecule has 2 rings (SSSR count). The van der Waals surface area contributed by atoms with Gasteiger partial charge in [0.25, 0.3) is 0 Å². The molecule has 2 unspecified atom stereocenters. The Labute approximate surface area is 109 Å². The lowest BCUT2D eigenvalue weighted by Crippen LogP contribution is -2.18. The Bertz CT molecular complexity index is 510. The third-order valence-electron chi connectivity index (χ3n) is 3.58. The molecule has 0 aliphatic carbocycles. The molecule has 0 amide bonds. The maximum absolute atomic E-state index is 4.37. The Kier molecular flexibility index (Phi) is 4.26. The summed E-state index contributed by atoms with van der Waals surface area (Å²) < 4.78 is 0. The van der Waals surface area contributed by atoms with E-state index in [9.17, 15) is 0 Å². The summed E-state index contributed by atoms with van der Waals surface area (Å²) in [5, 5.41) is 3.40. The van der Waals surface area contributed by atoms with Crippen LogP contribution >= 0.6 is 0 Å². The minimum absolute atomic E-state index is 0.395. The van der Waals surface area contributed by atoms with E-state index in [1.54, 1.807) is 12.4 Å². The average molecular weight is 243 g/mol. The molecule has 0 aliphatic rings. The van der Waals surface area contributed by atoms with Crippen molar-refractivity contribution < 1.29 is 0 Å². The lowest BCUT2D eigenvalue weighted by atomic mass is 9.94. The third kappa shape index (κ3) is 2.85. The number of nitrogens with zero attached hydrogens (tertiary/aromatic N) is 2. The largest absolute Gasteiger partial charge is 0.313 e. The maximum Gasteiger partial charge on any atom is 0.0890 e. The summed E-state index contributed by atoms with van der Waals surface area (Å²) in [5.74, 6) is 0.722. The van der Waals surface area contributed by atoms with Crippen LogP contribution in [0.4, 0.5) is 0 Å². The third-order valence-corrected chi connectivity index (χ3v) is 3.58. The fraction of sp³-hybridized carbons (Fsp3) is 0.467.